The second-order valence-electron chi connectivity index (χ2n) is 4.34. The molecule has 0 fully saturated rings. The number of imidazole rings is 1. The Labute approximate surface area is 110 Å². The standard InChI is InChI=1S/C13H14N6/c1-18(13-8-15-7-11(14)17-13)9-10-6-16-12-4-2-3-5-19(10)12/h2-8H,9H2,1H3,(H2,14,17). The van der Waals surface area contributed by atoms with Crippen molar-refractivity contribution >= 4 is 17.3 Å². The van der Waals surface area contributed by atoms with E-state index < -0.39 is 0 Å². The third-order valence-electron chi connectivity index (χ3n) is 2.92. The average Bonchev–Trinajstić information content (AvgIpc) is 2.82. The molecule has 0 atom stereocenters. The van der Waals surface area contributed by atoms with Crippen LogP contribution in [0.15, 0.2) is 43.0 Å². The summed E-state index contributed by atoms with van der Waals surface area (Å²) in [6.45, 7) is 0.684. The highest BCUT2D eigenvalue weighted by atomic mass is 15.2. The van der Waals surface area contributed by atoms with Gasteiger partial charge in [0, 0.05) is 13.2 Å². The fraction of sp³-hybridized carbons (Fsp3) is 0.154. The first-order valence-electron chi connectivity index (χ1n) is 5.93. The number of anilines is 2. The van der Waals surface area contributed by atoms with Gasteiger partial charge in [0.25, 0.3) is 0 Å². The number of aromatic nitrogens is 4. The van der Waals surface area contributed by atoms with Crippen LogP contribution < -0.4 is 10.6 Å². The van der Waals surface area contributed by atoms with Gasteiger partial charge in [0.1, 0.15) is 17.3 Å². The van der Waals surface area contributed by atoms with Crippen LogP contribution in [0.1, 0.15) is 5.69 Å². The van der Waals surface area contributed by atoms with Crippen molar-refractivity contribution in [3.63, 3.8) is 0 Å². The van der Waals surface area contributed by atoms with Crippen LogP contribution in [0.4, 0.5) is 11.6 Å². The number of nitrogens with zero attached hydrogens (tertiary/aromatic N) is 5. The van der Waals surface area contributed by atoms with Crippen molar-refractivity contribution in [2.75, 3.05) is 17.7 Å². The minimum atomic E-state index is 0.419. The molecule has 2 N–H and O–H groups in total. The van der Waals surface area contributed by atoms with E-state index in [9.17, 15) is 0 Å². The number of fused-ring (bicyclic) bond motifs is 1. The Morgan fingerprint density at radius 2 is 2.16 bits per heavy atom. The topological polar surface area (TPSA) is 72.3 Å². The Bertz CT molecular complexity index is 705. The Morgan fingerprint density at radius 1 is 1.26 bits per heavy atom. The fourth-order valence-electron chi connectivity index (χ4n) is 1.98. The summed E-state index contributed by atoms with van der Waals surface area (Å²) < 4.78 is 2.05. The monoisotopic (exact) mass is 254 g/mol. The highest BCUT2D eigenvalue weighted by Crippen LogP contribution is 2.14. The summed E-state index contributed by atoms with van der Waals surface area (Å²) in [5, 5.41) is 0. The molecule has 3 aromatic heterocycles. The summed E-state index contributed by atoms with van der Waals surface area (Å²) >= 11 is 0. The molecule has 96 valence electrons. The van der Waals surface area contributed by atoms with E-state index in [1.165, 1.54) is 6.20 Å². The minimum absolute atomic E-state index is 0.419. The number of rotatable bonds is 3. The summed E-state index contributed by atoms with van der Waals surface area (Å²) in [6, 6.07) is 5.93. The summed E-state index contributed by atoms with van der Waals surface area (Å²) in [7, 11) is 1.95. The molecule has 6 nitrogen and oxygen atoms in total. The van der Waals surface area contributed by atoms with Gasteiger partial charge in [0.05, 0.1) is 30.8 Å². The first kappa shape index (κ1) is 11.5. The highest BCUT2D eigenvalue weighted by Gasteiger charge is 2.08. The predicted octanol–water partition coefficient (Wildman–Crippen LogP) is 1.34. The normalized spacial score (nSPS) is 10.8. The van der Waals surface area contributed by atoms with Crippen LogP contribution in [-0.4, -0.2) is 26.4 Å². The zero-order chi connectivity index (χ0) is 13.2. The number of hydrogen-bond acceptors (Lipinski definition) is 5. The van der Waals surface area contributed by atoms with E-state index in [0.717, 1.165) is 17.2 Å². The lowest BCUT2D eigenvalue weighted by Gasteiger charge is -2.17. The fourth-order valence-corrected chi connectivity index (χ4v) is 1.98. The molecule has 0 aromatic carbocycles. The Hall–Kier alpha value is -2.63. The van der Waals surface area contributed by atoms with E-state index in [1.54, 1.807) is 6.20 Å². The van der Waals surface area contributed by atoms with E-state index in [4.69, 9.17) is 5.73 Å². The van der Waals surface area contributed by atoms with Crippen molar-refractivity contribution in [1.29, 1.82) is 0 Å². The maximum Gasteiger partial charge on any atom is 0.149 e. The zero-order valence-electron chi connectivity index (χ0n) is 10.6. The number of nitrogens with two attached hydrogens (primary N) is 1. The lowest BCUT2D eigenvalue weighted by molar-refractivity contribution is 0.850. The van der Waals surface area contributed by atoms with Crippen LogP contribution in [0.5, 0.6) is 0 Å². The van der Waals surface area contributed by atoms with Crippen molar-refractivity contribution in [1.82, 2.24) is 19.4 Å². The van der Waals surface area contributed by atoms with Gasteiger partial charge in [-0.25, -0.2) is 9.97 Å². The van der Waals surface area contributed by atoms with Gasteiger partial charge in [-0.1, -0.05) is 6.07 Å². The molecule has 6 heteroatoms. The van der Waals surface area contributed by atoms with E-state index in [2.05, 4.69) is 19.4 Å². The van der Waals surface area contributed by atoms with Crippen molar-refractivity contribution in [3.8, 4) is 0 Å². The second kappa shape index (κ2) is 4.56. The van der Waals surface area contributed by atoms with Gasteiger partial charge in [-0.2, -0.15) is 0 Å². The zero-order valence-corrected chi connectivity index (χ0v) is 10.6. The third-order valence-corrected chi connectivity index (χ3v) is 2.92. The molecule has 0 aliphatic rings. The van der Waals surface area contributed by atoms with Crippen molar-refractivity contribution < 1.29 is 0 Å². The van der Waals surface area contributed by atoms with Gasteiger partial charge in [-0.15, -0.1) is 0 Å². The van der Waals surface area contributed by atoms with Gasteiger partial charge in [0.15, 0.2) is 0 Å². The number of hydrogen-bond donors (Lipinski definition) is 1. The lowest BCUT2D eigenvalue weighted by Crippen LogP contribution is -2.19. The van der Waals surface area contributed by atoms with Crippen LogP contribution in [0, 0.1) is 0 Å². The molecule has 0 amide bonds. The maximum absolute atomic E-state index is 5.64. The van der Waals surface area contributed by atoms with E-state index in [0.29, 0.717) is 12.4 Å². The number of pyridine rings is 1. The molecular formula is C13H14N6. The van der Waals surface area contributed by atoms with E-state index in [-0.39, 0.29) is 0 Å². The Morgan fingerprint density at radius 3 is 3.00 bits per heavy atom. The first-order valence-corrected chi connectivity index (χ1v) is 5.93. The Kier molecular flexibility index (Phi) is 2.75. The molecule has 0 unspecified atom stereocenters. The summed E-state index contributed by atoms with van der Waals surface area (Å²) in [5.74, 6) is 1.16. The molecular weight excluding hydrogens is 240 g/mol. The molecule has 3 rings (SSSR count). The second-order valence-corrected chi connectivity index (χ2v) is 4.34. The summed E-state index contributed by atoms with van der Waals surface area (Å²) in [5.41, 5.74) is 7.66. The lowest BCUT2D eigenvalue weighted by atomic mass is 10.4. The highest BCUT2D eigenvalue weighted by molar-refractivity contribution is 5.43. The predicted molar refractivity (Wildman–Crippen MR) is 73.7 cm³/mol. The molecule has 0 bridgehead atoms. The molecule has 19 heavy (non-hydrogen) atoms. The van der Waals surface area contributed by atoms with E-state index in [1.807, 2.05) is 42.5 Å². The quantitative estimate of drug-likeness (QED) is 0.763. The molecule has 0 aliphatic carbocycles. The minimum Gasteiger partial charge on any atom is -0.382 e. The molecule has 0 saturated carbocycles. The molecule has 0 radical (unpaired) electrons. The first-order chi connectivity index (χ1) is 9.24. The van der Waals surface area contributed by atoms with Crippen LogP contribution in [0.2, 0.25) is 0 Å². The van der Waals surface area contributed by atoms with Crippen LogP contribution in [0.25, 0.3) is 5.65 Å². The van der Waals surface area contributed by atoms with Gasteiger partial charge in [-0.3, -0.25) is 4.98 Å². The van der Waals surface area contributed by atoms with Crippen LogP contribution >= 0.6 is 0 Å². The molecule has 0 aliphatic heterocycles. The van der Waals surface area contributed by atoms with Gasteiger partial charge < -0.3 is 15.0 Å². The average molecular weight is 254 g/mol. The van der Waals surface area contributed by atoms with Gasteiger partial charge in [0.2, 0.25) is 0 Å². The van der Waals surface area contributed by atoms with Crippen LogP contribution in [-0.2, 0) is 6.54 Å². The van der Waals surface area contributed by atoms with Crippen LogP contribution in [0.3, 0.4) is 0 Å². The SMILES string of the molecule is CN(Cc1cnc2ccccn12)c1cncc(N)n1. The van der Waals surface area contributed by atoms with Gasteiger partial charge >= 0.3 is 0 Å². The Balaban J connectivity index is 1.89. The summed E-state index contributed by atoms with van der Waals surface area (Å²) in [4.78, 5) is 14.6. The maximum atomic E-state index is 5.64. The van der Waals surface area contributed by atoms with E-state index >= 15 is 0 Å². The van der Waals surface area contributed by atoms with Crippen molar-refractivity contribution in [3.05, 3.63) is 48.7 Å². The van der Waals surface area contributed by atoms with Gasteiger partial charge in [-0.05, 0) is 12.1 Å². The largest absolute Gasteiger partial charge is 0.382 e. The van der Waals surface area contributed by atoms with Crippen molar-refractivity contribution in [2.24, 2.45) is 0 Å². The molecule has 0 saturated heterocycles. The molecule has 0 spiro atoms. The number of nitrogen functional groups attached to an aromatic ring is 1. The molecule has 3 heterocycles. The third kappa shape index (κ3) is 2.20. The molecule has 3 aromatic rings. The smallest absolute Gasteiger partial charge is 0.149 e. The van der Waals surface area contributed by atoms with Crippen molar-refractivity contribution in [2.45, 2.75) is 6.54 Å². The summed E-state index contributed by atoms with van der Waals surface area (Å²) in [6.07, 6.45) is 7.09.